The third-order valence-corrected chi connectivity index (χ3v) is 2.97. The summed E-state index contributed by atoms with van der Waals surface area (Å²) in [5.41, 5.74) is 3.31. The van der Waals surface area contributed by atoms with Gasteiger partial charge in [-0.05, 0) is 24.3 Å². The molecule has 3 aromatic rings. The topological polar surface area (TPSA) is 17.8 Å². The van der Waals surface area contributed by atoms with Crippen molar-refractivity contribution in [3.05, 3.63) is 73.1 Å². The molecule has 1 aromatic heterocycles. The summed E-state index contributed by atoms with van der Waals surface area (Å²) < 4.78 is 2.19. The minimum atomic E-state index is 0.767. The summed E-state index contributed by atoms with van der Waals surface area (Å²) in [6.07, 6.45) is 2.66. The van der Waals surface area contributed by atoms with Gasteiger partial charge in [-0.2, -0.15) is 0 Å². The SMILES string of the molecule is C=CCc1nc2ccccc2n1-c1ccccc1. The number of benzene rings is 2. The summed E-state index contributed by atoms with van der Waals surface area (Å²) in [4.78, 5) is 4.67. The molecule has 0 fully saturated rings. The first kappa shape index (κ1) is 10.8. The van der Waals surface area contributed by atoms with E-state index in [-0.39, 0.29) is 0 Å². The van der Waals surface area contributed by atoms with Crippen LogP contribution in [0.2, 0.25) is 0 Å². The number of hydrogen-bond donors (Lipinski definition) is 0. The average molecular weight is 234 g/mol. The number of aromatic nitrogens is 2. The maximum absolute atomic E-state index is 4.67. The van der Waals surface area contributed by atoms with Gasteiger partial charge in [-0.25, -0.2) is 4.98 Å². The van der Waals surface area contributed by atoms with Crippen LogP contribution < -0.4 is 0 Å². The van der Waals surface area contributed by atoms with Gasteiger partial charge in [-0.3, -0.25) is 4.57 Å². The van der Waals surface area contributed by atoms with E-state index in [0.29, 0.717) is 0 Å². The van der Waals surface area contributed by atoms with Crippen molar-refractivity contribution in [1.82, 2.24) is 9.55 Å². The summed E-state index contributed by atoms with van der Waals surface area (Å²) in [7, 11) is 0. The molecule has 0 saturated heterocycles. The first-order chi connectivity index (χ1) is 8.90. The molecule has 88 valence electrons. The van der Waals surface area contributed by atoms with Gasteiger partial charge in [-0.1, -0.05) is 36.4 Å². The number of fused-ring (bicyclic) bond motifs is 1. The Bertz CT molecular complexity index is 681. The van der Waals surface area contributed by atoms with E-state index in [1.165, 1.54) is 0 Å². The summed E-state index contributed by atoms with van der Waals surface area (Å²) in [6, 6.07) is 18.5. The molecule has 0 bridgehead atoms. The molecule has 0 radical (unpaired) electrons. The van der Waals surface area contributed by atoms with Gasteiger partial charge in [0.15, 0.2) is 0 Å². The predicted octanol–water partition coefficient (Wildman–Crippen LogP) is 3.75. The third kappa shape index (κ3) is 1.72. The van der Waals surface area contributed by atoms with Crippen molar-refractivity contribution >= 4 is 11.0 Å². The Balaban J connectivity index is 2.31. The normalized spacial score (nSPS) is 10.7. The van der Waals surface area contributed by atoms with Gasteiger partial charge >= 0.3 is 0 Å². The molecule has 2 nitrogen and oxygen atoms in total. The molecule has 18 heavy (non-hydrogen) atoms. The van der Waals surface area contributed by atoms with Crippen molar-refractivity contribution in [3.63, 3.8) is 0 Å². The molecule has 1 heterocycles. The Labute approximate surface area is 106 Å². The zero-order chi connectivity index (χ0) is 12.4. The average Bonchev–Trinajstić information content (AvgIpc) is 2.78. The molecule has 0 saturated carbocycles. The first-order valence-electron chi connectivity index (χ1n) is 6.03. The van der Waals surface area contributed by atoms with Gasteiger partial charge in [0, 0.05) is 12.1 Å². The van der Waals surface area contributed by atoms with Crippen LogP contribution in [-0.2, 0) is 6.42 Å². The molecule has 2 heteroatoms. The minimum absolute atomic E-state index is 0.767. The van der Waals surface area contributed by atoms with Crippen molar-refractivity contribution in [2.75, 3.05) is 0 Å². The summed E-state index contributed by atoms with van der Waals surface area (Å²) >= 11 is 0. The van der Waals surface area contributed by atoms with E-state index in [9.17, 15) is 0 Å². The van der Waals surface area contributed by atoms with Crippen LogP contribution in [0, 0.1) is 0 Å². The highest BCUT2D eigenvalue weighted by Gasteiger charge is 2.10. The lowest BCUT2D eigenvalue weighted by molar-refractivity contribution is 0.950. The van der Waals surface area contributed by atoms with E-state index >= 15 is 0 Å². The maximum atomic E-state index is 4.67. The van der Waals surface area contributed by atoms with E-state index in [4.69, 9.17) is 0 Å². The molecule has 0 amide bonds. The van der Waals surface area contributed by atoms with Gasteiger partial charge in [0.25, 0.3) is 0 Å². The Kier molecular flexibility index (Phi) is 2.69. The Morgan fingerprint density at radius 2 is 1.72 bits per heavy atom. The molecule has 3 rings (SSSR count). The van der Waals surface area contributed by atoms with Crippen LogP contribution in [0.5, 0.6) is 0 Å². The fraction of sp³-hybridized carbons (Fsp3) is 0.0625. The van der Waals surface area contributed by atoms with Crippen molar-refractivity contribution in [2.24, 2.45) is 0 Å². The molecule has 0 unspecified atom stereocenters. The Hall–Kier alpha value is -2.35. The van der Waals surface area contributed by atoms with Gasteiger partial charge < -0.3 is 0 Å². The summed E-state index contributed by atoms with van der Waals surface area (Å²) in [6.45, 7) is 3.81. The van der Waals surface area contributed by atoms with Gasteiger partial charge in [0.05, 0.1) is 11.0 Å². The van der Waals surface area contributed by atoms with Crippen molar-refractivity contribution < 1.29 is 0 Å². The molecule has 0 N–H and O–H groups in total. The fourth-order valence-corrected chi connectivity index (χ4v) is 2.21. The lowest BCUT2D eigenvalue weighted by Crippen LogP contribution is -1.99. The number of nitrogens with zero attached hydrogens (tertiary/aromatic N) is 2. The quantitative estimate of drug-likeness (QED) is 0.631. The highest BCUT2D eigenvalue weighted by Crippen LogP contribution is 2.21. The Morgan fingerprint density at radius 3 is 2.50 bits per heavy atom. The molecule has 0 atom stereocenters. The number of rotatable bonds is 3. The minimum Gasteiger partial charge on any atom is -0.296 e. The monoisotopic (exact) mass is 234 g/mol. The van der Waals surface area contributed by atoms with Gasteiger partial charge in [-0.15, -0.1) is 6.58 Å². The largest absolute Gasteiger partial charge is 0.296 e. The number of imidazole rings is 1. The second-order valence-electron chi connectivity index (χ2n) is 4.18. The zero-order valence-electron chi connectivity index (χ0n) is 10.1. The number of para-hydroxylation sites is 3. The molecule has 0 spiro atoms. The molecule has 0 aliphatic heterocycles. The maximum Gasteiger partial charge on any atom is 0.118 e. The van der Waals surface area contributed by atoms with Crippen LogP contribution in [0.1, 0.15) is 5.82 Å². The summed E-state index contributed by atoms with van der Waals surface area (Å²) in [5.74, 6) is 1.03. The molecular formula is C16H14N2. The molecule has 2 aromatic carbocycles. The van der Waals surface area contributed by atoms with Crippen LogP contribution in [0.15, 0.2) is 67.3 Å². The second kappa shape index (κ2) is 4.49. The third-order valence-electron chi connectivity index (χ3n) is 2.97. The van der Waals surface area contributed by atoms with Crippen LogP contribution in [0.25, 0.3) is 16.7 Å². The van der Waals surface area contributed by atoms with E-state index in [1.807, 2.05) is 42.5 Å². The lowest BCUT2D eigenvalue weighted by Gasteiger charge is -2.07. The van der Waals surface area contributed by atoms with Crippen LogP contribution >= 0.6 is 0 Å². The highest BCUT2D eigenvalue weighted by molar-refractivity contribution is 5.78. The highest BCUT2D eigenvalue weighted by atomic mass is 15.1. The van der Waals surface area contributed by atoms with Crippen LogP contribution in [0.3, 0.4) is 0 Å². The van der Waals surface area contributed by atoms with E-state index in [0.717, 1.165) is 29.0 Å². The predicted molar refractivity (Wildman–Crippen MR) is 75.0 cm³/mol. The molecule has 0 aliphatic rings. The fourth-order valence-electron chi connectivity index (χ4n) is 2.21. The molecular weight excluding hydrogens is 220 g/mol. The van der Waals surface area contributed by atoms with Crippen LogP contribution in [0.4, 0.5) is 0 Å². The van der Waals surface area contributed by atoms with Crippen LogP contribution in [-0.4, -0.2) is 9.55 Å². The summed E-state index contributed by atoms with van der Waals surface area (Å²) in [5, 5.41) is 0. The zero-order valence-corrected chi connectivity index (χ0v) is 10.1. The first-order valence-corrected chi connectivity index (χ1v) is 6.03. The number of allylic oxidation sites excluding steroid dienone is 1. The van der Waals surface area contributed by atoms with Crippen molar-refractivity contribution in [3.8, 4) is 5.69 Å². The van der Waals surface area contributed by atoms with Crippen molar-refractivity contribution in [2.45, 2.75) is 6.42 Å². The van der Waals surface area contributed by atoms with Gasteiger partial charge in [0.1, 0.15) is 5.82 Å². The van der Waals surface area contributed by atoms with E-state index in [1.54, 1.807) is 0 Å². The van der Waals surface area contributed by atoms with E-state index in [2.05, 4.69) is 34.3 Å². The number of hydrogen-bond acceptors (Lipinski definition) is 1. The van der Waals surface area contributed by atoms with Gasteiger partial charge in [0.2, 0.25) is 0 Å². The standard InChI is InChI=1S/C16H14N2/c1-2-8-16-17-14-11-6-7-12-15(14)18(16)13-9-4-3-5-10-13/h2-7,9-12H,1,8H2. The lowest BCUT2D eigenvalue weighted by atomic mass is 10.2. The molecule has 0 aliphatic carbocycles. The Morgan fingerprint density at radius 1 is 1.00 bits per heavy atom. The smallest absolute Gasteiger partial charge is 0.118 e. The van der Waals surface area contributed by atoms with Crippen molar-refractivity contribution in [1.29, 1.82) is 0 Å². The van der Waals surface area contributed by atoms with E-state index < -0.39 is 0 Å². The second-order valence-corrected chi connectivity index (χ2v) is 4.18.